The zero-order valence-electron chi connectivity index (χ0n) is 19.8. The number of fused-ring (bicyclic) bond motifs is 4. The van der Waals surface area contributed by atoms with Crippen LogP contribution in [0.1, 0.15) is 18.1 Å². The molecule has 0 radical (unpaired) electrons. The van der Waals surface area contributed by atoms with Crippen LogP contribution in [0.2, 0.25) is 0 Å². The first-order valence-electron chi connectivity index (χ1n) is 11.9. The van der Waals surface area contributed by atoms with Crippen molar-refractivity contribution in [3.05, 3.63) is 83.9 Å². The first-order chi connectivity index (χ1) is 17.8. The van der Waals surface area contributed by atoms with E-state index in [4.69, 9.17) is 4.74 Å². The molecule has 9 nitrogen and oxygen atoms in total. The quantitative estimate of drug-likeness (QED) is 0.287. The molecule has 1 spiro atoms. The van der Waals surface area contributed by atoms with Crippen LogP contribution < -0.4 is 20.3 Å². The van der Waals surface area contributed by atoms with E-state index in [0.29, 0.717) is 29.1 Å². The summed E-state index contributed by atoms with van der Waals surface area (Å²) in [6.45, 7) is 1.29. The molecule has 3 aliphatic heterocycles. The summed E-state index contributed by atoms with van der Waals surface area (Å²) in [6.07, 6.45) is 0.372. The van der Waals surface area contributed by atoms with Gasteiger partial charge >= 0.3 is 5.97 Å². The van der Waals surface area contributed by atoms with E-state index in [1.165, 1.54) is 19.1 Å². The van der Waals surface area contributed by atoms with Crippen LogP contribution >= 0.6 is 0 Å². The molecule has 3 aromatic carbocycles. The van der Waals surface area contributed by atoms with Crippen LogP contribution in [0.25, 0.3) is 0 Å². The number of phenols is 1. The summed E-state index contributed by atoms with van der Waals surface area (Å²) in [6, 6.07) is 19.4. The van der Waals surface area contributed by atoms with Crippen molar-refractivity contribution in [1.82, 2.24) is 5.32 Å². The Morgan fingerprint density at radius 2 is 1.68 bits per heavy atom. The fourth-order valence-electron chi connectivity index (χ4n) is 5.90. The maximum absolute atomic E-state index is 14.0. The van der Waals surface area contributed by atoms with Crippen molar-refractivity contribution in [1.29, 1.82) is 0 Å². The summed E-state index contributed by atoms with van der Waals surface area (Å²) in [5.41, 5.74) is 1.03. The molecule has 3 aliphatic rings. The Hall–Kier alpha value is -4.50. The van der Waals surface area contributed by atoms with Gasteiger partial charge in [-0.1, -0.05) is 30.3 Å². The standard InChI is InChI=1S/C28H23N3O6/c1-15(32)37-19-12-8-17(9-13-19)31-25(34)23-22(14-16-6-10-18(33)11-7-16)30-28(24(23)26(31)35)20-4-2-3-5-21(20)29-27(28)36/h2-13,22-24,30,33H,14H2,1H3,(H,29,36)/t22-,23+,24-,28+/m1/s1. The minimum atomic E-state index is -1.40. The van der Waals surface area contributed by atoms with Gasteiger partial charge in [-0.05, 0) is 54.4 Å². The van der Waals surface area contributed by atoms with Crippen molar-refractivity contribution in [3.8, 4) is 11.5 Å². The zero-order valence-corrected chi connectivity index (χ0v) is 19.8. The predicted molar refractivity (Wildman–Crippen MR) is 133 cm³/mol. The number of benzene rings is 3. The van der Waals surface area contributed by atoms with Crippen LogP contribution in [0.3, 0.4) is 0 Å². The number of phenolic OH excluding ortho intramolecular Hbond substituents is 1. The normalized spacial score (nSPS) is 25.8. The Balaban J connectivity index is 1.43. The summed E-state index contributed by atoms with van der Waals surface area (Å²) >= 11 is 0. The molecule has 9 heteroatoms. The van der Waals surface area contributed by atoms with Crippen molar-refractivity contribution >= 4 is 35.1 Å². The average Bonchev–Trinajstić information content (AvgIpc) is 3.45. The Morgan fingerprint density at radius 1 is 0.973 bits per heavy atom. The van der Waals surface area contributed by atoms with E-state index in [9.17, 15) is 24.3 Å². The summed E-state index contributed by atoms with van der Waals surface area (Å²) in [5, 5.41) is 16.0. The highest BCUT2D eigenvalue weighted by atomic mass is 16.5. The Labute approximate surface area is 212 Å². The molecule has 0 bridgehead atoms. The van der Waals surface area contributed by atoms with Gasteiger partial charge in [-0.15, -0.1) is 0 Å². The second kappa shape index (κ2) is 8.28. The van der Waals surface area contributed by atoms with Gasteiger partial charge in [0.15, 0.2) is 0 Å². The van der Waals surface area contributed by atoms with Gasteiger partial charge in [0.2, 0.25) is 17.7 Å². The molecule has 0 saturated carbocycles. The number of aromatic hydroxyl groups is 1. The number of esters is 1. The molecule has 0 unspecified atom stereocenters. The number of amides is 3. The predicted octanol–water partition coefficient (Wildman–Crippen LogP) is 2.49. The van der Waals surface area contributed by atoms with Crippen LogP contribution in [-0.4, -0.2) is 34.8 Å². The van der Waals surface area contributed by atoms with E-state index in [1.54, 1.807) is 60.7 Å². The Kier molecular flexibility index (Phi) is 5.13. The van der Waals surface area contributed by atoms with Crippen LogP contribution in [0.5, 0.6) is 11.5 Å². The highest BCUT2D eigenvalue weighted by Crippen LogP contribution is 2.53. The summed E-state index contributed by atoms with van der Waals surface area (Å²) < 4.78 is 5.07. The first kappa shape index (κ1) is 22.9. The number of ether oxygens (including phenoxy) is 1. The number of nitrogens with zero attached hydrogens (tertiary/aromatic N) is 1. The molecule has 37 heavy (non-hydrogen) atoms. The fourth-order valence-corrected chi connectivity index (χ4v) is 5.90. The zero-order chi connectivity index (χ0) is 25.9. The molecular formula is C28H23N3O6. The number of imide groups is 1. The number of anilines is 2. The van der Waals surface area contributed by atoms with E-state index < -0.39 is 41.2 Å². The van der Waals surface area contributed by atoms with E-state index in [2.05, 4.69) is 10.6 Å². The molecule has 3 N–H and O–H groups in total. The van der Waals surface area contributed by atoms with E-state index in [1.807, 2.05) is 0 Å². The van der Waals surface area contributed by atoms with Gasteiger partial charge in [0.05, 0.1) is 17.5 Å². The fraction of sp³-hybridized carbons (Fsp3) is 0.214. The van der Waals surface area contributed by atoms with Crippen LogP contribution in [0.4, 0.5) is 11.4 Å². The molecule has 0 aliphatic carbocycles. The topological polar surface area (TPSA) is 125 Å². The summed E-state index contributed by atoms with van der Waals surface area (Å²) in [4.78, 5) is 53.8. The van der Waals surface area contributed by atoms with Gasteiger partial charge in [0.1, 0.15) is 17.0 Å². The maximum Gasteiger partial charge on any atom is 0.308 e. The molecule has 3 heterocycles. The highest BCUT2D eigenvalue weighted by Gasteiger charge is 2.70. The molecule has 2 fully saturated rings. The van der Waals surface area contributed by atoms with Crippen LogP contribution in [0, 0.1) is 11.8 Å². The SMILES string of the molecule is CC(=O)Oc1ccc(N2C(=O)[C@H]3[C@@H](Cc4ccc(O)cc4)N[C@]4(C(=O)Nc5ccccc54)[C@H]3C2=O)cc1. The number of para-hydroxylation sites is 1. The van der Waals surface area contributed by atoms with Crippen molar-refractivity contribution in [3.63, 3.8) is 0 Å². The molecule has 3 amide bonds. The number of carbonyl (C=O) groups excluding carboxylic acids is 4. The van der Waals surface area contributed by atoms with E-state index in [0.717, 1.165) is 10.5 Å². The van der Waals surface area contributed by atoms with Crippen LogP contribution in [-0.2, 0) is 31.1 Å². The minimum Gasteiger partial charge on any atom is -0.508 e. The van der Waals surface area contributed by atoms with Gasteiger partial charge < -0.3 is 15.2 Å². The number of hydrogen-bond acceptors (Lipinski definition) is 7. The highest BCUT2D eigenvalue weighted by molar-refractivity contribution is 6.25. The largest absolute Gasteiger partial charge is 0.508 e. The first-order valence-corrected chi connectivity index (χ1v) is 11.9. The molecule has 2 saturated heterocycles. The minimum absolute atomic E-state index is 0.122. The third kappa shape index (κ3) is 3.42. The third-order valence-electron chi connectivity index (χ3n) is 7.37. The second-order valence-electron chi connectivity index (χ2n) is 9.53. The molecule has 4 atom stereocenters. The number of carbonyl (C=O) groups is 4. The Bertz CT molecular complexity index is 1450. The number of nitrogens with one attached hydrogen (secondary N) is 2. The average molecular weight is 498 g/mol. The Morgan fingerprint density at radius 3 is 2.38 bits per heavy atom. The van der Waals surface area contributed by atoms with Gasteiger partial charge in [-0.25, -0.2) is 4.90 Å². The second-order valence-corrected chi connectivity index (χ2v) is 9.53. The van der Waals surface area contributed by atoms with E-state index in [-0.39, 0.29) is 11.7 Å². The van der Waals surface area contributed by atoms with Gasteiger partial charge in [-0.2, -0.15) is 0 Å². The number of hydrogen-bond donors (Lipinski definition) is 3. The van der Waals surface area contributed by atoms with Crippen LogP contribution in [0.15, 0.2) is 72.8 Å². The smallest absolute Gasteiger partial charge is 0.308 e. The molecule has 3 aromatic rings. The summed E-state index contributed by atoms with van der Waals surface area (Å²) in [7, 11) is 0. The molecule has 6 rings (SSSR count). The summed E-state index contributed by atoms with van der Waals surface area (Å²) in [5.74, 6) is -3.06. The third-order valence-corrected chi connectivity index (χ3v) is 7.37. The lowest BCUT2D eigenvalue weighted by atomic mass is 9.76. The van der Waals surface area contributed by atoms with Crippen molar-refractivity contribution < 1.29 is 29.0 Å². The van der Waals surface area contributed by atoms with Gasteiger partial charge in [0, 0.05) is 24.2 Å². The molecule has 0 aromatic heterocycles. The van der Waals surface area contributed by atoms with Gasteiger partial charge in [-0.3, -0.25) is 24.5 Å². The lowest BCUT2D eigenvalue weighted by molar-refractivity contribution is -0.132. The van der Waals surface area contributed by atoms with Crippen molar-refractivity contribution in [2.24, 2.45) is 11.8 Å². The lowest BCUT2D eigenvalue weighted by Gasteiger charge is -2.29. The molecular weight excluding hydrogens is 474 g/mol. The van der Waals surface area contributed by atoms with Gasteiger partial charge in [0.25, 0.3) is 0 Å². The number of rotatable bonds is 4. The monoisotopic (exact) mass is 497 g/mol. The van der Waals surface area contributed by atoms with E-state index >= 15 is 0 Å². The molecule has 186 valence electrons. The maximum atomic E-state index is 14.0. The van der Waals surface area contributed by atoms with Crippen molar-refractivity contribution in [2.45, 2.75) is 24.9 Å². The lowest BCUT2D eigenvalue weighted by Crippen LogP contribution is -2.53. The van der Waals surface area contributed by atoms with Crippen molar-refractivity contribution in [2.75, 3.05) is 10.2 Å².